The summed E-state index contributed by atoms with van der Waals surface area (Å²) in [6, 6.07) is 9.25. The number of halogens is 1. The monoisotopic (exact) mass is 302 g/mol. The first-order valence-electron chi connectivity index (χ1n) is 7.14. The molecule has 108 valence electrons. The Morgan fingerprint density at radius 1 is 1.10 bits per heavy atom. The van der Waals surface area contributed by atoms with Crippen LogP contribution in [0, 0.1) is 5.92 Å². The minimum Gasteiger partial charge on any atom is -0.354 e. The van der Waals surface area contributed by atoms with E-state index in [4.69, 9.17) is 11.6 Å². The molecule has 0 saturated carbocycles. The highest BCUT2D eigenvalue weighted by molar-refractivity contribution is 6.29. The molecule has 0 aromatic carbocycles. The minimum atomic E-state index is 0.113. The van der Waals surface area contributed by atoms with Crippen LogP contribution in [-0.4, -0.2) is 27.9 Å². The fraction of sp³-hybridized carbons (Fsp3) is 0.400. The molecule has 1 saturated heterocycles. The summed E-state index contributed by atoms with van der Waals surface area (Å²) in [6.45, 7) is 2.58. The van der Waals surface area contributed by atoms with Crippen LogP contribution in [0.15, 0.2) is 35.1 Å². The third-order valence-corrected chi connectivity index (χ3v) is 4.62. The lowest BCUT2D eigenvalue weighted by Gasteiger charge is -2.43. The van der Waals surface area contributed by atoms with Crippen LogP contribution in [0.25, 0.3) is 0 Å². The number of rotatable bonds is 1. The van der Waals surface area contributed by atoms with Crippen molar-refractivity contribution in [1.29, 1.82) is 0 Å². The van der Waals surface area contributed by atoms with Gasteiger partial charge in [-0.2, -0.15) is 0 Å². The number of hydrogen-bond acceptors (Lipinski definition) is 4. The Morgan fingerprint density at radius 3 is 2.81 bits per heavy atom. The fourth-order valence-corrected chi connectivity index (χ4v) is 3.66. The summed E-state index contributed by atoms with van der Waals surface area (Å²) in [5.74, 6) is 1.72. The van der Waals surface area contributed by atoms with Gasteiger partial charge < -0.3 is 9.47 Å². The van der Waals surface area contributed by atoms with Gasteiger partial charge in [-0.25, -0.2) is 0 Å². The van der Waals surface area contributed by atoms with Crippen molar-refractivity contribution < 1.29 is 0 Å². The Bertz CT molecular complexity index is 727. The summed E-state index contributed by atoms with van der Waals surface area (Å²) in [4.78, 5) is 14.2. The zero-order chi connectivity index (χ0) is 14.4. The Morgan fingerprint density at radius 2 is 2.00 bits per heavy atom. The molecule has 2 aromatic heterocycles. The van der Waals surface area contributed by atoms with Gasteiger partial charge in [-0.1, -0.05) is 17.7 Å². The standard InChI is InChI=1S/C15H15ClN4O/c16-13-4-5-14(18-17-13)19-7-10-6-11(9-19)12-2-1-3-15(21)20(12)8-10/h1-5,10-11H,6-9H2/t10-,11-/m0/s1. The van der Waals surface area contributed by atoms with Gasteiger partial charge in [-0.3, -0.25) is 4.79 Å². The summed E-state index contributed by atoms with van der Waals surface area (Å²) >= 11 is 5.80. The number of pyridine rings is 1. The van der Waals surface area contributed by atoms with Crippen molar-refractivity contribution in [2.45, 2.75) is 18.9 Å². The predicted octanol–water partition coefficient (Wildman–Crippen LogP) is 1.92. The van der Waals surface area contributed by atoms with E-state index in [-0.39, 0.29) is 5.56 Å². The summed E-state index contributed by atoms with van der Waals surface area (Å²) in [5, 5.41) is 8.51. The van der Waals surface area contributed by atoms with Gasteiger partial charge in [0.05, 0.1) is 0 Å². The topological polar surface area (TPSA) is 51.0 Å². The van der Waals surface area contributed by atoms with Gasteiger partial charge in [0.2, 0.25) is 0 Å². The molecule has 2 aliphatic heterocycles. The van der Waals surface area contributed by atoms with Gasteiger partial charge in [-0.05, 0) is 30.5 Å². The van der Waals surface area contributed by atoms with Crippen molar-refractivity contribution in [1.82, 2.24) is 14.8 Å². The van der Waals surface area contributed by atoms with Crippen molar-refractivity contribution in [3.63, 3.8) is 0 Å². The molecule has 4 heterocycles. The van der Waals surface area contributed by atoms with E-state index in [2.05, 4.69) is 21.2 Å². The molecule has 0 aliphatic carbocycles. The lowest BCUT2D eigenvalue weighted by atomic mass is 9.83. The average Bonchev–Trinajstić information content (AvgIpc) is 2.49. The molecule has 0 N–H and O–H groups in total. The molecular weight excluding hydrogens is 288 g/mol. The Kier molecular flexibility index (Phi) is 2.96. The highest BCUT2D eigenvalue weighted by Crippen LogP contribution is 2.36. The van der Waals surface area contributed by atoms with E-state index >= 15 is 0 Å². The summed E-state index contributed by atoms with van der Waals surface area (Å²) in [5.41, 5.74) is 1.26. The quantitative estimate of drug-likeness (QED) is 0.807. The SMILES string of the molecule is O=c1cccc2n1C[C@H]1C[C@H]2CN(c2ccc(Cl)nn2)C1. The molecule has 2 bridgehead atoms. The van der Waals surface area contributed by atoms with Crippen LogP contribution < -0.4 is 10.5 Å². The van der Waals surface area contributed by atoms with Gasteiger partial charge in [-0.15, -0.1) is 10.2 Å². The first-order valence-corrected chi connectivity index (χ1v) is 7.52. The second kappa shape index (κ2) is 4.84. The van der Waals surface area contributed by atoms with E-state index in [1.54, 1.807) is 12.1 Å². The van der Waals surface area contributed by atoms with E-state index in [1.165, 1.54) is 0 Å². The van der Waals surface area contributed by atoms with Crippen molar-refractivity contribution in [3.8, 4) is 0 Å². The molecule has 0 amide bonds. The molecule has 1 fully saturated rings. The molecule has 2 aromatic rings. The molecule has 2 aliphatic rings. The molecular formula is C15H15ClN4O. The van der Waals surface area contributed by atoms with Gasteiger partial charge in [0, 0.05) is 37.3 Å². The zero-order valence-corrected chi connectivity index (χ0v) is 12.2. The fourth-order valence-electron chi connectivity index (χ4n) is 3.56. The number of fused-ring (bicyclic) bond motifs is 4. The number of piperidine rings is 1. The van der Waals surface area contributed by atoms with E-state index in [1.807, 2.05) is 16.7 Å². The van der Waals surface area contributed by atoms with Crippen LogP contribution in [0.3, 0.4) is 0 Å². The molecule has 6 heteroatoms. The molecule has 0 unspecified atom stereocenters. The summed E-state index contributed by atoms with van der Waals surface area (Å²) < 4.78 is 1.93. The third-order valence-electron chi connectivity index (χ3n) is 4.42. The predicted molar refractivity (Wildman–Crippen MR) is 80.8 cm³/mol. The van der Waals surface area contributed by atoms with Crippen LogP contribution in [0.2, 0.25) is 5.15 Å². The Hall–Kier alpha value is -1.88. The third kappa shape index (κ3) is 2.21. The van der Waals surface area contributed by atoms with Crippen molar-refractivity contribution >= 4 is 17.4 Å². The van der Waals surface area contributed by atoms with Crippen LogP contribution in [0.5, 0.6) is 0 Å². The number of nitrogens with zero attached hydrogens (tertiary/aromatic N) is 4. The largest absolute Gasteiger partial charge is 0.354 e. The van der Waals surface area contributed by atoms with Crippen LogP contribution in [0.4, 0.5) is 5.82 Å². The minimum absolute atomic E-state index is 0.113. The Labute approximate surface area is 127 Å². The number of aromatic nitrogens is 3. The molecule has 21 heavy (non-hydrogen) atoms. The lowest BCUT2D eigenvalue weighted by Crippen LogP contribution is -2.47. The van der Waals surface area contributed by atoms with Crippen LogP contribution >= 0.6 is 11.6 Å². The maximum Gasteiger partial charge on any atom is 0.250 e. The lowest BCUT2D eigenvalue weighted by molar-refractivity contribution is 0.280. The molecule has 0 spiro atoms. The van der Waals surface area contributed by atoms with Crippen molar-refractivity contribution in [2.75, 3.05) is 18.0 Å². The van der Waals surface area contributed by atoms with Crippen LogP contribution in [-0.2, 0) is 6.54 Å². The summed E-state index contributed by atoms with van der Waals surface area (Å²) in [6.07, 6.45) is 1.14. The second-order valence-corrected chi connectivity index (χ2v) is 6.20. The van der Waals surface area contributed by atoms with Gasteiger partial charge in [0.15, 0.2) is 11.0 Å². The number of hydrogen-bond donors (Lipinski definition) is 0. The van der Waals surface area contributed by atoms with Crippen molar-refractivity contribution in [2.24, 2.45) is 5.92 Å². The molecule has 4 rings (SSSR count). The molecule has 0 radical (unpaired) electrons. The van der Waals surface area contributed by atoms with E-state index in [0.717, 1.165) is 37.6 Å². The van der Waals surface area contributed by atoms with Crippen LogP contribution in [0.1, 0.15) is 18.0 Å². The van der Waals surface area contributed by atoms with Crippen molar-refractivity contribution in [3.05, 3.63) is 51.5 Å². The van der Waals surface area contributed by atoms with E-state index < -0.39 is 0 Å². The highest BCUT2D eigenvalue weighted by Gasteiger charge is 2.34. The van der Waals surface area contributed by atoms with Gasteiger partial charge >= 0.3 is 0 Å². The maximum absolute atomic E-state index is 12.0. The summed E-state index contributed by atoms with van der Waals surface area (Å²) in [7, 11) is 0. The van der Waals surface area contributed by atoms with E-state index in [9.17, 15) is 4.79 Å². The van der Waals surface area contributed by atoms with Gasteiger partial charge in [0.1, 0.15) is 0 Å². The second-order valence-electron chi connectivity index (χ2n) is 5.82. The normalized spacial score (nSPS) is 23.8. The zero-order valence-electron chi connectivity index (χ0n) is 11.4. The molecule has 2 atom stereocenters. The van der Waals surface area contributed by atoms with E-state index in [0.29, 0.717) is 17.0 Å². The highest BCUT2D eigenvalue weighted by atomic mass is 35.5. The number of anilines is 1. The first-order chi connectivity index (χ1) is 10.2. The smallest absolute Gasteiger partial charge is 0.250 e. The maximum atomic E-state index is 12.0. The van der Waals surface area contributed by atoms with Gasteiger partial charge in [0.25, 0.3) is 5.56 Å². The first kappa shape index (κ1) is 12.8. The Balaban J connectivity index is 1.68. The average molecular weight is 303 g/mol. The molecule has 5 nitrogen and oxygen atoms in total.